The lowest BCUT2D eigenvalue weighted by Gasteiger charge is -2.22. The first-order valence-corrected chi connectivity index (χ1v) is 11.8. The van der Waals surface area contributed by atoms with Gasteiger partial charge in [-0.3, -0.25) is 15.0 Å². The van der Waals surface area contributed by atoms with E-state index >= 15 is 0 Å². The average Bonchev–Trinajstić information content (AvgIpc) is 3.47. The summed E-state index contributed by atoms with van der Waals surface area (Å²) >= 11 is 0. The Morgan fingerprint density at radius 1 is 1.30 bits per heavy atom. The van der Waals surface area contributed by atoms with Crippen LogP contribution in [0.1, 0.15) is 43.1 Å². The highest BCUT2D eigenvalue weighted by molar-refractivity contribution is 6.19. The standard InChI is InChI=1S/C17H17FN6O.C9H15NO2/c1-8-23-13-6-9(2-5-12(19)15(16(20)21)17(22)25)11(18)7-14(13)24(8)10-3-4-10;1-3-9(11)10-6-4-5-8(10)7-12-2/h6-7,10H,3-4,19H2,1H3,(H3,20,21)(H2,22,25);3,8H,1,4-7H2,2H3/b15-12+;. The summed E-state index contributed by atoms with van der Waals surface area (Å²) in [7, 11) is 1.66. The largest absolute Gasteiger partial charge is 0.391 e. The van der Waals surface area contributed by atoms with Gasteiger partial charge in [0.1, 0.15) is 23.1 Å². The second kappa shape index (κ2) is 11.7. The number of nitrogens with one attached hydrogen (secondary N) is 1. The van der Waals surface area contributed by atoms with E-state index in [1.807, 2.05) is 16.4 Å². The van der Waals surface area contributed by atoms with Gasteiger partial charge in [-0.2, -0.15) is 0 Å². The number of amides is 2. The third-order valence-electron chi connectivity index (χ3n) is 6.18. The van der Waals surface area contributed by atoms with Gasteiger partial charge in [-0.15, -0.1) is 0 Å². The van der Waals surface area contributed by atoms with Gasteiger partial charge in [-0.05, 0) is 50.7 Å². The number of primary amides is 1. The molecule has 37 heavy (non-hydrogen) atoms. The van der Waals surface area contributed by atoms with Crippen LogP contribution < -0.4 is 17.2 Å². The van der Waals surface area contributed by atoms with Crippen molar-refractivity contribution in [2.24, 2.45) is 17.2 Å². The highest BCUT2D eigenvalue weighted by atomic mass is 19.1. The molecule has 2 fully saturated rings. The van der Waals surface area contributed by atoms with Crippen LogP contribution in [0.15, 0.2) is 36.1 Å². The molecular weight excluding hydrogens is 477 g/mol. The second-order valence-corrected chi connectivity index (χ2v) is 8.88. The Labute approximate surface area is 214 Å². The normalized spacial score (nSPS) is 17.3. The fourth-order valence-corrected chi connectivity index (χ4v) is 4.34. The molecule has 1 aliphatic heterocycles. The van der Waals surface area contributed by atoms with Crippen molar-refractivity contribution in [1.29, 1.82) is 5.41 Å². The third kappa shape index (κ3) is 6.34. The number of benzene rings is 1. The first-order chi connectivity index (χ1) is 17.6. The number of aromatic nitrogens is 2. The molecule has 2 aliphatic rings. The summed E-state index contributed by atoms with van der Waals surface area (Å²) in [5.41, 5.74) is 16.8. The predicted molar refractivity (Wildman–Crippen MR) is 139 cm³/mol. The number of amidine groups is 1. The van der Waals surface area contributed by atoms with Gasteiger partial charge in [-0.25, -0.2) is 9.37 Å². The first-order valence-electron chi connectivity index (χ1n) is 11.8. The third-order valence-corrected chi connectivity index (χ3v) is 6.18. The van der Waals surface area contributed by atoms with Crippen LogP contribution in [0.5, 0.6) is 0 Å². The zero-order chi connectivity index (χ0) is 27.3. The Bertz CT molecular complexity index is 1320. The van der Waals surface area contributed by atoms with Gasteiger partial charge in [0.25, 0.3) is 5.91 Å². The van der Waals surface area contributed by atoms with Gasteiger partial charge in [0.2, 0.25) is 5.91 Å². The molecule has 4 rings (SSSR count). The van der Waals surface area contributed by atoms with E-state index in [0.717, 1.165) is 43.6 Å². The number of nitrogens with zero attached hydrogens (tertiary/aromatic N) is 3. The minimum absolute atomic E-state index is 0.0227. The molecule has 1 aliphatic carbocycles. The molecule has 7 N–H and O–H groups in total. The second-order valence-electron chi connectivity index (χ2n) is 8.88. The topological polar surface area (TPSA) is 166 Å². The highest BCUT2D eigenvalue weighted by Gasteiger charge is 2.28. The summed E-state index contributed by atoms with van der Waals surface area (Å²) in [5, 5.41) is 7.30. The van der Waals surface area contributed by atoms with Crippen molar-refractivity contribution in [1.82, 2.24) is 14.5 Å². The molecule has 1 saturated carbocycles. The fourth-order valence-electron chi connectivity index (χ4n) is 4.34. The van der Waals surface area contributed by atoms with Gasteiger partial charge in [0.05, 0.1) is 34.9 Å². The predicted octanol–water partition coefficient (Wildman–Crippen LogP) is 1.61. The van der Waals surface area contributed by atoms with Crippen LogP contribution in [0.4, 0.5) is 4.39 Å². The zero-order valence-electron chi connectivity index (χ0n) is 21.0. The number of ether oxygens (including phenoxy) is 1. The molecule has 1 atom stereocenters. The summed E-state index contributed by atoms with van der Waals surface area (Å²) in [6.07, 6.45) is 5.63. The maximum absolute atomic E-state index is 14.4. The SMILES string of the molecule is C=CC(=O)N1CCCC1COC.Cc1nc2cc(C#C/C(N)=C(/C(=N)N)C(N)=O)c(F)cc2n1C1CC1. The van der Waals surface area contributed by atoms with E-state index in [1.165, 1.54) is 18.2 Å². The number of allylic oxidation sites excluding steroid dienone is 1. The van der Waals surface area contributed by atoms with Gasteiger partial charge in [0.15, 0.2) is 0 Å². The minimum atomic E-state index is -0.964. The van der Waals surface area contributed by atoms with Crippen molar-refractivity contribution in [3.8, 4) is 11.8 Å². The Kier molecular flexibility index (Phi) is 8.68. The number of fused-ring (bicyclic) bond motifs is 1. The van der Waals surface area contributed by atoms with Gasteiger partial charge >= 0.3 is 0 Å². The van der Waals surface area contributed by atoms with Crippen molar-refractivity contribution in [3.05, 3.63) is 53.3 Å². The molecule has 0 radical (unpaired) electrons. The van der Waals surface area contributed by atoms with E-state index in [2.05, 4.69) is 23.4 Å². The van der Waals surface area contributed by atoms with E-state index in [4.69, 9.17) is 27.3 Å². The highest BCUT2D eigenvalue weighted by Crippen LogP contribution is 2.38. The van der Waals surface area contributed by atoms with E-state index in [-0.39, 0.29) is 28.8 Å². The van der Waals surface area contributed by atoms with Crippen LogP contribution in [0.2, 0.25) is 0 Å². The number of rotatable bonds is 6. The lowest BCUT2D eigenvalue weighted by molar-refractivity contribution is -0.127. The van der Waals surface area contributed by atoms with Crippen LogP contribution in [0, 0.1) is 30.0 Å². The number of methoxy groups -OCH3 is 1. The molecule has 0 bridgehead atoms. The van der Waals surface area contributed by atoms with Crippen LogP contribution in [-0.4, -0.2) is 58.4 Å². The van der Waals surface area contributed by atoms with Gasteiger partial charge < -0.3 is 31.4 Å². The monoisotopic (exact) mass is 509 g/mol. The number of carbonyl (C=O) groups excluding carboxylic acids is 2. The molecule has 1 aromatic carbocycles. The van der Waals surface area contributed by atoms with Crippen molar-refractivity contribution < 1.29 is 18.7 Å². The van der Waals surface area contributed by atoms with Crippen LogP contribution in [0.25, 0.3) is 11.0 Å². The van der Waals surface area contributed by atoms with Gasteiger partial charge in [0, 0.05) is 25.8 Å². The number of halogens is 1. The number of likely N-dealkylation sites (tertiary alicyclic amines) is 1. The van der Waals surface area contributed by atoms with Crippen molar-refractivity contribution in [2.45, 2.75) is 44.7 Å². The lowest BCUT2D eigenvalue weighted by Crippen LogP contribution is -2.36. The number of aryl methyl sites for hydroxylation is 1. The minimum Gasteiger partial charge on any atom is -0.391 e. The molecule has 2 amide bonds. The van der Waals surface area contributed by atoms with Crippen LogP contribution in [-0.2, 0) is 14.3 Å². The summed E-state index contributed by atoms with van der Waals surface area (Å²) in [6, 6.07) is 3.58. The quantitative estimate of drug-likeness (QED) is 0.200. The Balaban J connectivity index is 0.000000266. The summed E-state index contributed by atoms with van der Waals surface area (Å²) in [5.74, 6) is 3.77. The molecule has 2 aromatic rings. The maximum atomic E-state index is 14.4. The number of hydrogen-bond donors (Lipinski definition) is 4. The molecule has 0 spiro atoms. The van der Waals surface area contributed by atoms with E-state index in [9.17, 15) is 14.0 Å². The molecule has 1 unspecified atom stereocenters. The summed E-state index contributed by atoms with van der Waals surface area (Å²) < 4.78 is 21.5. The van der Waals surface area contributed by atoms with E-state index in [0.29, 0.717) is 18.2 Å². The Morgan fingerprint density at radius 3 is 2.57 bits per heavy atom. The lowest BCUT2D eigenvalue weighted by atomic mass is 10.1. The molecule has 2 heterocycles. The molecule has 1 aromatic heterocycles. The number of nitrogens with two attached hydrogens (primary N) is 3. The zero-order valence-corrected chi connectivity index (χ0v) is 21.0. The van der Waals surface area contributed by atoms with E-state index < -0.39 is 17.6 Å². The average molecular weight is 510 g/mol. The first kappa shape index (κ1) is 27.4. The molecule has 196 valence electrons. The summed E-state index contributed by atoms with van der Waals surface area (Å²) in [6.45, 7) is 6.84. The van der Waals surface area contributed by atoms with E-state index in [1.54, 1.807) is 7.11 Å². The molecule has 11 heteroatoms. The Morgan fingerprint density at radius 2 is 2.00 bits per heavy atom. The summed E-state index contributed by atoms with van der Waals surface area (Å²) in [4.78, 5) is 28.8. The maximum Gasteiger partial charge on any atom is 0.255 e. The fraction of sp³-hybridized carbons (Fsp3) is 0.385. The number of hydrogen-bond acceptors (Lipinski definition) is 6. The molecule has 10 nitrogen and oxygen atoms in total. The Hall–Kier alpha value is -4.17. The van der Waals surface area contributed by atoms with Crippen molar-refractivity contribution >= 4 is 28.7 Å². The van der Waals surface area contributed by atoms with Crippen LogP contribution >= 0.6 is 0 Å². The molecular formula is C26H32FN7O3. The smallest absolute Gasteiger partial charge is 0.255 e. The van der Waals surface area contributed by atoms with Crippen molar-refractivity contribution in [3.63, 3.8) is 0 Å². The van der Waals surface area contributed by atoms with Crippen LogP contribution in [0.3, 0.4) is 0 Å². The number of carbonyl (C=O) groups is 2. The molecule has 1 saturated heterocycles. The van der Waals surface area contributed by atoms with Gasteiger partial charge in [-0.1, -0.05) is 12.5 Å². The van der Waals surface area contributed by atoms with Crippen molar-refractivity contribution in [2.75, 3.05) is 20.3 Å². The number of imidazole rings is 1.